The molecule has 22 heavy (non-hydrogen) atoms. The minimum Gasteiger partial charge on any atom is -0.388 e. The van der Waals surface area contributed by atoms with Gasteiger partial charge in [0.25, 0.3) is 5.95 Å². The van der Waals surface area contributed by atoms with E-state index in [0.29, 0.717) is 11.5 Å². The highest BCUT2D eigenvalue weighted by Gasteiger charge is 2.14. The van der Waals surface area contributed by atoms with E-state index in [1.54, 1.807) is 6.92 Å². The highest BCUT2D eigenvalue weighted by Crippen LogP contribution is 2.27. The maximum Gasteiger partial charge on any atom is 0.385 e. The molecule has 0 unspecified atom stereocenters. The number of anilines is 1. The van der Waals surface area contributed by atoms with E-state index >= 15 is 0 Å². The molecule has 0 fully saturated rings. The minimum atomic E-state index is -0.608. The van der Waals surface area contributed by atoms with Crippen molar-refractivity contribution in [2.45, 2.75) is 6.92 Å². The molecule has 0 radical (unpaired) electrons. The average Bonchev–Trinajstić information content (AvgIpc) is 3.11. The van der Waals surface area contributed by atoms with Gasteiger partial charge in [-0.05, 0) is 19.1 Å². The van der Waals surface area contributed by atoms with E-state index in [1.807, 2.05) is 31.3 Å². The normalized spacial score (nSPS) is 11.2. The van der Waals surface area contributed by atoms with Crippen LogP contribution < -0.4 is 10.9 Å². The third-order valence-corrected chi connectivity index (χ3v) is 2.96. The molecule has 0 saturated carbocycles. The van der Waals surface area contributed by atoms with Crippen LogP contribution in [0, 0.1) is 6.92 Å². The lowest BCUT2D eigenvalue weighted by Gasteiger charge is -2.01. The number of hydrogen-bond donors (Lipinski definition) is 3. The van der Waals surface area contributed by atoms with Crippen molar-refractivity contribution in [3.8, 4) is 11.3 Å². The molecule has 0 atom stereocenters. The van der Waals surface area contributed by atoms with Crippen molar-refractivity contribution >= 4 is 17.3 Å². The molecular formula is C13H13N7O2. The molecule has 1 aromatic carbocycles. The highest BCUT2D eigenvalue weighted by molar-refractivity contribution is 5.72. The van der Waals surface area contributed by atoms with Crippen molar-refractivity contribution in [3.63, 3.8) is 0 Å². The number of H-pyrrole nitrogens is 2. The Hall–Kier alpha value is -3.23. The zero-order valence-corrected chi connectivity index (χ0v) is 11.9. The summed E-state index contributed by atoms with van der Waals surface area (Å²) in [5.74, 6) is 0.757. The van der Waals surface area contributed by atoms with Crippen LogP contribution in [0.3, 0.4) is 0 Å². The maximum atomic E-state index is 11.8. The van der Waals surface area contributed by atoms with Gasteiger partial charge in [0.05, 0.1) is 0 Å². The summed E-state index contributed by atoms with van der Waals surface area (Å²) < 4.78 is 4.80. The predicted octanol–water partition coefficient (Wildman–Crippen LogP) is 2.52. The zero-order valence-electron chi connectivity index (χ0n) is 11.9. The molecule has 0 saturated heterocycles. The fourth-order valence-electron chi connectivity index (χ4n) is 1.86. The van der Waals surface area contributed by atoms with Crippen molar-refractivity contribution in [1.82, 2.24) is 20.3 Å². The van der Waals surface area contributed by atoms with Crippen LogP contribution in [0.15, 0.2) is 43.8 Å². The Kier molecular flexibility index (Phi) is 3.52. The second kappa shape index (κ2) is 5.64. The Labute approximate surface area is 124 Å². The summed E-state index contributed by atoms with van der Waals surface area (Å²) in [5, 5.41) is 19.8. The number of nitrogens with one attached hydrogen (secondary N) is 3. The molecule has 3 N–H and O–H groups in total. The van der Waals surface area contributed by atoms with Gasteiger partial charge >= 0.3 is 5.63 Å². The molecule has 0 aliphatic rings. The van der Waals surface area contributed by atoms with Gasteiger partial charge in [0.15, 0.2) is 5.69 Å². The van der Waals surface area contributed by atoms with Crippen LogP contribution in [0.25, 0.3) is 11.3 Å². The van der Waals surface area contributed by atoms with Crippen LogP contribution in [0.1, 0.15) is 5.82 Å². The first kappa shape index (κ1) is 13.7. The summed E-state index contributed by atoms with van der Waals surface area (Å²) in [6, 6.07) is 7.42. The lowest BCUT2D eigenvalue weighted by Crippen LogP contribution is -1.90. The topological polar surface area (TPSA) is 124 Å². The summed E-state index contributed by atoms with van der Waals surface area (Å²) in [6.07, 6.45) is 0. The van der Waals surface area contributed by atoms with E-state index in [4.69, 9.17) is 4.52 Å². The van der Waals surface area contributed by atoms with Gasteiger partial charge in [-0.2, -0.15) is 4.98 Å². The van der Waals surface area contributed by atoms with Crippen LogP contribution in [0.4, 0.5) is 17.3 Å². The number of hydrogen-bond acceptors (Lipinski definition) is 7. The van der Waals surface area contributed by atoms with Crippen LogP contribution in [0.5, 0.6) is 0 Å². The SMILES string of the molecule is CNc1ccc(-c2[nH]oc(=O)c2N=Nc2n[nH]c(C)n2)cc1. The highest BCUT2D eigenvalue weighted by atomic mass is 16.5. The van der Waals surface area contributed by atoms with Crippen LogP contribution in [0.2, 0.25) is 0 Å². The molecule has 0 aliphatic carbocycles. The molecule has 3 rings (SSSR count). The molecule has 112 valence electrons. The fraction of sp³-hybridized carbons (Fsp3) is 0.154. The first-order valence-electron chi connectivity index (χ1n) is 6.48. The standard InChI is InChI=1S/C13H13N7O2/c1-7-15-13(18-16-7)19-17-11-10(20-22-12(11)21)8-3-5-9(14-2)6-4-8/h3-6,14,20H,1-2H3,(H,15,16,18). The molecule has 2 aromatic heterocycles. The van der Waals surface area contributed by atoms with Crippen molar-refractivity contribution < 1.29 is 4.52 Å². The largest absolute Gasteiger partial charge is 0.388 e. The number of aryl methyl sites for hydroxylation is 1. The number of aromatic amines is 2. The van der Waals surface area contributed by atoms with E-state index in [1.165, 1.54) is 0 Å². The fourth-order valence-corrected chi connectivity index (χ4v) is 1.86. The molecule has 9 nitrogen and oxygen atoms in total. The summed E-state index contributed by atoms with van der Waals surface area (Å²) in [5.41, 5.74) is 1.62. The summed E-state index contributed by atoms with van der Waals surface area (Å²) in [6.45, 7) is 1.74. The molecule has 0 bridgehead atoms. The number of azo groups is 1. The molecule has 0 amide bonds. The van der Waals surface area contributed by atoms with Gasteiger partial charge in [-0.15, -0.1) is 15.3 Å². The van der Waals surface area contributed by atoms with E-state index < -0.39 is 5.63 Å². The number of benzene rings is 1. The first-order valence-corrected chi connectivity index (χ1v) is 6.48. The van der Waals surface area contributed by atoms with E-state index in [0.717, 1.165) is 11.3 Å². The summed E-state index contributed by atoms with van der Waals surface area (Å²) in [7, 11) is 1.83. The van der Waals surface area contributed by atoms with Gasteiger partial charge in [0, 0.05) is 18.3 Å². The quantitative estimate of drug-likeness (QED) is 0.638. The molecule has 0 spiro atoms. The Bertz CT molecular complexity index is 857. The van der Waals surface area contributed by atoms with Crippen LogP contribution in [-0.2, 0) is 0 Å². The average molecular weight is 299 g/mol. The number of rotatable bonds is 4. The van der Waals surface area contributed by atoms with Crippen molar-refractivity contribution in [2.75, 3.05) is 12.4 Å². The Balaban J connectivity index is 1.96. The van der Waals surface area contributed by atoms with E-state index in [2.05, 4.69) is 35.9 Å². The zero-order chi connectivity index (χ0) is 15.5. The van der Waals surface area contributed by atoms with Crippen molar-refractivity contribution in [1.29, 1.82) is 0 Å². The van der Waals surface area contributed by atoms with Gasteiger partial charge in [-0.25, -0.2) is 9.95 Å². The van der Waals surface area contributed by atoms with Gasteiger partial charge in [0.2, 0.25) is 0 Å². The lowest BCUT2D eigenvalue weighted by molar-refractivity contribution is 0.394. The van der Waals surface area contributed by atoms with E-state index in [-0.39, 0.29) is 11.6 Å². The predicted molar refractivity (Wildman–Crippen MR) is 79.6 cm³/mol. The monoisotopic (exact) mass is 299 g/mol. The second-order valence-corrected chi connectivity index (χ2v) is 4.46. The molecule has 3 aromatic rings. The smallest absolute Gasteiger partial charge is 0.385 e. The molecular weight excluding hydrogens is 286 g/mol. The lowest BCUT2D eigenvalue weighted by atomic mass is 10.1. The molecule has 0 aliphatic heterocycles. The van der Waals surface area contributed by atoms with E-state index in [9.17, 15) is 4.79 Å². The first-order chi connectivity index (χ1) is 10.7. The number of nitrogens with zero attached hydrogens (tertiary/aromatic N) is 4. The van der Waals surface area contributed by atoms with Gasteiger partial charge in [-0.1, -0.05) is 12.1 Å². The van der Waals surface area contributed by atoms with Crippen molar-refractivity contribution in [2.24, 2.45) is 10.2 Å². The summed E-state index contributed by atoms with van der Waals surface area (Å²) >= 11 is 0. The maximum absolute atomic E-state index is 11.8. The van der Waals surface area contributed by atoms with Crippen LogP contribution >= 0.6 is 0 Å². The molecule has 9 heteroatoms. The third-order valence-electron chi connectivity index (χ3n) is 2.96. The Morgan fingerprint density at radius 1 is 1.23 bits per heavy atom. The Morgan fingerprint density at radius 3 is 2.64 bits per heavy atom. The Morgan fingerprint density at radius 2 is 2.00 bits per heavy atom. The summed E-state index contributed by atoms with van der Waals surface area (Å²) in [4.78, 5) is 15.7. The van der Waals surface area contributed by atoms with Gasteiger partial charge < -0.3 is 9.84 Å². The number of aromatic nitrogens is 4. The van der Waals surface area contributed by atoms with Crippen LogP contribution in [-0.4, -0.2) is 27.4 Å². The third kappa shape index (κ3) is 2.64. The van der Waals surface area contributed by atoms with Gasteiger partial charge in [-0.3, -0.25) is 5.10 Å². The second-order valence-electron chi connectivity index (χ2n) is 4.46. The molecule has 2 heterocycles. The minimum absolute atomic E-state index is 0.0691. The van der Waals surface area contributed by atoms with Gasteiger partial charge in [0.1, 0.15) is 11.5 Å². The van der Waals surface area contributed by atoms with Crippen molar-refractivity contribution in [3.05, 3.63) is 40.5 Å².